The Bertz CT molecular complexity index is 157. The molecule has 0 aromatic carbocycles. The van der Waals surface area contributed by atoms with Crippen LogP contribution in [0.5, 0.6) is 0 Å². The predicted molar refractivity (Wildman–Crippen MR) is 52.8 cm³/mol. The van der Waals surface area contributed by atoms with E-state index in [0.717, 1.165) is 19.8 Å². The van der Waals surface area contributed by atoms with Crippen LogP contribution in [0, 0.1) is 0 Å². The molecule has 76 valence electrons. The monoisotopic (exact) mass is 184 g/mol. The minimum atomic E-state index is 0.621. The molecule has 2 N–H and O–H groups in total. The second-order valence-electron chi connectivity index (χ2n) is 4.30. The molecule has 0 radical (unpaired) electrons. The topological polar surface area (TPSA) is 33.3 Å². The van der Waals surface area contributed by atoms with Crippen molar-refractivity contribution in [1.29, 1.82) is 0 Å². The third kappa shape index (κ3) is 2.66. The van der Waals surface area contributed by atoms with Crippen LogP contribution in [-0.4, -0.2) is 37.9 Å². The van der Waals surface area contributed by atoms with E-state index < -0.39 is 0 Å². The van der Waals surface area contributed by atoms with Crippen LogP contribution in [-0.2, 0) is 4.74 Å². The highest BCUT2D eigenvalue weighted by atomic mass is 16.5. The highest BCUT2D eigenvalue weighted by Crippen LogP contribution is 2.12. The van der Waals surface area contributed by atoms with Gasteiger partial charge in [0.2, 0.25) is 0 Å². The van der Waals surface area contributed by atoms with Gasteiger partial charge in [-0.15, -0.1) is 0 Å². The first kappa shape index (κ1) is 9.44. The standard InChI is InChI=1S/C10H20N2O/c1-8-6-9(2-4-11-8)12-10-3-5-13-7-10/h8-12H,2-7H2,1H3. The zero-order chi connectivity index (χ0) is 9.10. The van der Waals surface area contributed by atoms with Gasteiger partial charge in [-0.3, -0.25) is 0 Å². The Balaban J connectivity index is 1.73. The van der Waals surface area contributed by atoms with Crippen molar-refractivity contribution in [2.75, 3.05) is 19.8 Å². The van der Waals surface area contributed by atoms with Crippen molar-refractivity contribution in [3.05, 3.63) is 0 Å². The number of hydrogen-bond donors (Lipinski definition) is 2. The summed E-state index contributed by atoms with van der Waals surface area (Å²) in [5.74, 6) is 0. The number of piperidine rings is 1. The van der Waals surface area contributed by atoms with Crippen molar-refractivity contribution < 1.29 is 4.74 Å². The first-order valence-corrected chi connectivity index (χ1v) is 5.42. The summed E-state index contributed by atoms with van der Waals surface area (Å²) in [6.45, 7) is 5.28. The van der Waals surface area contributed by atoms with Gasteiger partial charge >= 0.3 is 0 Å². The summed E-state index contributed by atoms with van der Waals surface area (Å²) in [7, 11) is 0. The van der Waals surface area contributed by atoms with Crippen LogP contribution in [0.25, 0.3) is 0 Å². The van der Waals surface area contributed by atoms with Crippen molar-refractivity contribution in [3.8, 4) is 0 Å². The Morgan fingerprint density at radius 1 is 1.31 bits per heavy atom. The molecule has 3 atom stereocenters. The first-order valence-electron chi connectivity index (χ1n) is 5.42. The smallest absolute Gasteiger partial charge is 0.0620 e. The van der Waals surface area contributed by atoms with Crippen molar-refractivity contribution in [2.45, 2.75) is 44.3 Å². The second kappa shape index (κ2) is 4.40. The summed E-state index contributed by atoms with van der Waals surface area (Å²) in [5, 5.41) is 7.15. The minimum absolute atomic E-state index is 0.621. The molecule has 3 nitrogen and oxygen atoms in total. The lowest BCUT2D eigenvalue weighted by Gasteiger charge is -2.30. The normalized spacial score (nSPS) is 40.8. The zero-order valence-electron chi connectivity index (χ0n) is 8.38. The van der Waals surface area contributed by atoms with Crippen LogP contribution < -0.4 is 10.6 Å². The summed E-state index contributed by atoms with van der Waals surface area (Å²) in [6.07, 6.45) is 3.72. The minimum Gasteiger partial charge on any atom is -0.380 e. The van der Waals surface area contributed by atoms with Gasteiger partial charge in [0.05, 0.1) is 6.61 Å². The molecule has 0 spiro atoms. The summed E-state index contributed by atoms with van der Waals surface area (Å²) in [6, 6.07) is 2.01. The maximum atomic E-state index is 5.35. The van der Waals surface area contributed by atoms with Crippen molar-refractivity contribution in [2.24, 2.45) is 0 Å². The van der Waals surface area contributed by atoms with Crippen LogP contribution in [0.3, 0.4) is 0 Å². The van der Waals surface area contributed by atoms with Gasteiger partial charge in [-0.1, -0.05) is 0 Å². The van der Waals surface area contributed by atoms with Crippen LogP contribution in [0.2, 0.25) is 0 Å². The van der Waals surface area contributed by atoms with E-state index in [1.807, 2.05) is 0 Å². The average molecular weight is 184 g/mol. The van der Waals surface area contributed by atoms with Gasteiger partial charge in [-0.2, -0.15) is 0 Å². The predicted octanol–water partition coefficient (Wildman–Crippen LogP) is 0.505. The van der Waals surface area contributed by atoms with E-state index in [1.165, 1.54) is 19.3 Å². The van der Waals surface area contributed by atoms with E-state index >= 15 is 0 Å². The molecule has 3 heteroatoms. The number of rotatable bonds is 2. The van der Waals surface area contributed by atoms with Crippen LogP contribution in [0.4, 0.5) is 0 Å². The van der Waals surface area contributed by atoms with Gasteiger partial charge in [0.1, 0.15) is 0 Å². The van der Waals surface area contributed by atoms with Crippen molar-refractivity contribution >= 4 is 0 Å². The molecule has 13 heavy (non-hydrogen) atoms. The van der Waals surface area contributed by atoms with Gasteiger partial charge in [-0.05, 0) is 32.7 Å². The summed E-state index contributed by atoms with van der Waals surface area (Å²) in [5.41, 5.74) is 0. The Morgan fingerprint density at radius 2 is 2.23 bits per heavy atom. The largest absolute Gasteiger partial charge is 0.380 e. The summed E-state index contributed by atoms with van der Waals surface area (Å²) >= 11 is 0. The zero-order valence-corrected chi connectivity index (χ0v) is 8.38. The molecule has 0 amide bonds. The SMILES string of the molecule is CC1CC(NC2CCOC2)CCN1. The molecule has 0 aromatic heterocycles. The van der Waals surface area contributed by atoms with Crippen LogP contribution >= 0.6 is 0 Å². The van der Waals surface area contributed by atoms with Gasteiger partial charge < -0.3 is 15.4 Å². The molecule has 0 saturated carbocycles. The Hall–Kier alpha value is -0.120. The molecular weight excluding hydrogens is 164 g/mol. The third-order valence-corrected chi connectivity index (χ3v) is 3.02. The summed E-state index contributed by atoms with van der Waals surface area (Å²) in [4.78, 5) is 0. The second-order valence-corrected chi connectivity index (χ2v) is 4.30. The summed E-state index contributed by atoms with van der Waals surface area (Å²) < 4.78 is 5.35. The number of nitrogens with one attached hydrogen (secondary N) is 2. The average Bonchev–Trinajstić information content (AvgIpc) is 2.57. The van der Waals surface area contributed by atoms with Gasteiger partial charge in [0, 0.05) is 24.7 Å². The van der Waals surface area contributed by atoms with Crippen LogP contribution in [0.1, 0.15) is 26.2 Å². The van der Waals surface area contributed by atoms with E-state index in [-0.39, 0.29) is 0 Å². The van der Waals surface area contributed by atoms with E-state index in [1.54, 1.807) is 0 Å². The molecule has 2 heterocycles. The van der Waals surface area contributed by atoms with Crippen molar-refractivity contribution in [3.63, 3.8) is 0 Å². The highest BCUT2D eigenvalue weighted by Gasteiger charge is 2.23. The van der Waals surface area contributed by atoms with E-state index in [0.29, 0.717) is 18.1 Å². The molecule has 2 fully saturated rings. The maximum Gasteiger partial charge on any atom is 0.0620 e. The molecule has 2 aliphatic rings. The molecule has 0 aromatic rings. The molecule has 2 rings (SSSR count). The van der Waals surface area contributed by atoms with E-state index in [9.17, 15) is 0 Å². The van der Waals surface area contributed by atoms with E-state index in [2.05, 4.69) is 17.6 Å². The van der Waals surface area contributed by atoms with Gasteiger partial charge in [0.15, 0.2) is 0 Å². The van der Waals surface area contributed by atoms with Crippen molar-refractivity contribution in [1.82, 2.24) is 10.6 Å². The lowest BCUT2D eigenvalue weighted by atomic mass is 9.99. The lowest BCUT2D eigenvalue weighted by Crippen LogP contribution is -2.48. The highest BCUT2D eigenvalue weighted by molar-refractivity contribution is 4.83. The lowest BCUT2D eigenvalue weighted by molar-refractivity contribution is 0.185. The number of ether oxygens (including phenoxy) is 1. The fraction of sp³-hybridized carbons (Fsp3) is 1.00. The fourth-order valence-electron chi connectivity index (χ4n) is 2.28. The molecular formula is C10H20N2O. The number of hydrogen-bond acceptors (Lipinski definition) is 3. The fourth-order valence-corrected chi connectivity index (χ4v) is 2.28. The molecule has 2 saturated heterocycles. The Kier molecular flexibility index (Phi) is 3.19. The van der Waals surface area contributed by atoms with E-state index in [4.69, 9.17) is 4.74 Å². The maximum absolute atomic E-state index is 5.35. The Labute approximate surface area is 80.2 Å². The Morgan fingerprint density at radius 3 is 2.92 bits per heavy atom. The first-order chi connectivity index (χ1) is 6.34. The van der Waals surface area contributed by atoms with Crippen LogP contribution in [0.15, 0.2) is 0 Å². The van der Waals surface area contributed by atoms with Gasteiger partial charge in [0.25, 0.3) is 0 Å². The van der Waals surface area contributed by atoms with Gasteiger partial charge in [-0.25, -0.2) is 0 Å². The quantitative estimate of drug-likeness (QED) is 0.656. The molecule has 3 unspecified atom stereocenters. The third-order valence-electron chi connectivity index (χ3n) is 3.02. The molecule has 0 aliphatic carbocycles. The molecule has 2 aliphatic heterocycles. The molecule has 0 bridgehead atoms.